The topological polar surface area (TPSA) is 96.7 Å². The third-order valence-corrected chi connectivity index (χ3v) is 7.99. The lowest BCUT2D eigenvalue weighted by Gasteiger charge is -2.30. The SMILES string of the molecule is C[Si](C)(C)CCOCn1cc(C(=O)C2CC2)c2cc(NC3CCN(C(=O)O)CC3)cnc21. The summed E-state index contributed by atoms with van der Waals surface area (Å²) in [7, 11) is -1.16. The highest BCUT2D eigenvalue weighted by Crippen LogP contribution is 2.35. The molecule has 1 saturated carbocycles. The quantitative estimate of drug-likeness (QED) is 0.326. The number of pyridine rings is 1. The number of ether oxygens (including phenoxy) is 1. The molecule has 2 fully saturated rings. The molecule has 1 aliphatic heterocycles. The molecule has 32 heavy (non-hydrogen) atoms. The number of piperidine rings is 1. The van der Waals surface area contributed by atoms with Gasteiger partial charge in [-0.15, -0.1) is 0 Å². The Morgan fingerprint density at radius 3 is 2.56 bits per heavy atom. The number of hydrogen-bond acceptors (Lipinski definition) is 5. The summed E-state index contributed by atoms with van der Waals surface area (Å²) in [5.74, 6) is 0.336. The van der Waals surface area contributed by atoms with E-state index in [0.29, 0.717) is 19.8 Å². The molecule has 2 N–H and O–H groups in total. The van der Waals surface area contributed by atoms with E-state index in [4.69, 9.17) is 9.84 Å². The minimum Gasteiger partial charge on any atom is -0.465 e. The van der Waals surface area contributed by atoms with Crippen LogP contribution in [0.15, 0.2) is 18.5 Å². The van der Waals surface area contributed by atoms with Gasteiger partial charge in [0.2, 0.25) is 0 Å². The first kappa shape index (κ1) is 22.8. The zero-order valence-corrected chi connectivity index (χ0v) is 20.3. The number of ketones is 1. The molecule has 9 heteroatoms. The van der Waals surface area contributed by atoms with Crippen LogP contribution in [0, 0.1) is 5.92 Å². The number of aromatic nitrogens is 2. The Morgan fingerprint density at radius 2 is 1.94 bits per heavy atom. The van der Waals surface area contributed by atoms with Crippen molar-refractivity contribution in [1.82, 2.24) is 14.5 Å². The van der Waals surface area contributed by atoms with Gasteiger partial charge in [0.1, 0.15) is 12.4 Å². The van der Waals surface area contributed by atoms with Crippen LogP contribution in [0.5, 0.6) is 0 Å². The number of likely N-dealkylation sites (tertiary alicyclic amines) is 1. The lowest BCUT2D eigenvalue weighted by atomic mass is 10.0. The van der Waals surface area contributed by atoms with Gasteiger partial charge >= 0.3 is 6.09 Å². The smallest absolute Gasteiger partial charge is 0.407 e. The van der Waals surface area contributed by atoms with E-state index in [2.05, 4.69) is 29.9 Å². The van der Waals surface area contributed by atoms with E-state index >= 15 is 0 Å². The van der Waals surface area contributed by atoms with E-state index in [1.54, 1.807) is 6.20 Å². The van der Waals surface area contributed by atoms with Gasteiger partial charge in [-0.2, -0.15) is 0 Å². The van der Waals surface area contributed by atoms with Crippen molar-refractivity contribution in [3.63, 3.8) is 0 Å². The molecule has 0 spiro atoms. The Bertz CT molecular complexity index is 988. The summed E-state index contributed by atoms with van der Waals surface area (Å²) in [6.45, 7) is 9.15. The van der Waals surface area contributed by atoms with Crippen molar-refractivity contribution in [2.24, 2.45) is 5.92 Å². The Balaban J connectivity index is 1.50. The van der Waals surface area contributed by atoms with Crippen LogP contribution in [-0.2, 0) is 11.5 Å². The summed E-state index contributed by atoms with van der Waals surface area (Å²) in [6, 6.07) is 3.31. The van der Waals surface area contributed by atoms with E-state index in [1.807, 2.05) is 16.8 Å². The van der Waals surface area contributed by atoms with E-state index in [0.717, 1.165) is 60.6 Å². The summed E-state index contributed by atoms with van der Waals surface area (Å²) >= 11 is 0. The molecule has 0 atom stereocenters. The van der Waals surface area contributed by atoms with Crippen molar-refractivity contribution >= 4 is 36.7 Å². The van der Waals surface area contributed by atoms with Crippen LogP contribution in [0.2, 0.25) is 25.7 Å². The van der Waals surface area contributed by atoms with Crippen LogP contribution in [-0.4, -0.2) is 65.2 Å². The summed E-state index contributed by atoms with van der Waals surface area (Å²) < 4.78 is 7.88. The molecule has 0 aromatic carbocycles. The van der Waals surface area contributed by atoms with Crippen molar-refractivity contribution in [2.45, 2.75) is 64.1 Å². The molecule has 2 aromatic heterocycles. The minimum absolute atomic E-state index is 0.138. The fourth-order valence-electron chi connectivity index (χ4n) is 4.10. The zero-order chi connectivity index (χ0) is 22.9. The predicted molar refractivity (Wildman–Crippen MR) is 127 cm³/mol. The van der Waals surface area contributed by atoms with Gasteiger partial charge in [-0.05, 0) is 37.8 Å². The van der Waals surface area contributed by atoms with Gasteiger partial charge in [0.15, 0.2) is 5.78 Å². The van der Waals surface area contributed by atoms with Gasteiger partial charge in [0, 0.05) is 56.9 Å². The maximum Gasteiger partial charge on any atom is 0.407 e. The van der Waals surface area contributed by atoms with Crippen LogP contribution < -0.4 is 5.32 Å². The molecule has 2 aromatic rings. The number of nitrogens with one attached hydrogen (secondary N) is 1. The molecule has 1 aliphatic carbocycles. The van der Waals surface area contributed by atoms with Gasteiger partial charge in [-0.25, -0.2) is 9.78 Å². The number of carboxylic acid groups (broad SMARTS) is 1. The molecule has 2 aliphatic rings. The third kappa shape index (κ3) is 5.50. The van der Waals surface area contributed by atoms with E-state index in [1.165, 1.54) is 4.90 Å². The average molecular weight is 459 g/mol. The zero-order valence-electron chi connectivity index (χ0n) is 19.3. The predicted octanol–water partition coefficient (Wildman–Crippen LogP) is 4.50. The van der Waals surface area contributed by atoms with Gasteiger partial charge in [-0.3, -0.25) is 4.79 Å². The standard InChI is InChI=1S/C23H34N4O4Si/c1-32(2,3)11-10-31-15-27-14-20(21(28)16-4-5-16)19-12-18(13-24-22(19)27)25-17-6-8-26(9-7-17)23(29)30/h12-14,16-17,25H,4-11,15H2,1-3H3,(H,29,30). The molecule has 0 radical (unpaired) electrons. The molecule has 174 valence electrons. The molecule has 0 unspecified atom stereocenters. The second-order valence-corrected chi connectivity index (χ2v) is 15.9. The van der Waals surface area contributed by atoms with Crippen molar-refractivity contribution in [3.05, 3.63) is 24.0 Å². The molecular weight excluding hydrogens is 424 g/mol. The largest absolute Gasteiger partial charge is 0.465 e. The van der Waals surface area contributed by atoms with Crippen LogP contribution in [0.3, 0.4) is 0 Å². The molecule has 0 bridgehead atoms. The molecule has 1 amide bonds. The lowest BCUT2D eigenvalue weighted by molar-refractivity contribution is 0.0893. The lowest BCUT2D eigenvalue weighted by Crippen LogP contribution is -2.41. The summed E-state index contributed by atoms with van der Waals surface area (Å²) in [6.07, 6.45) is 6.28. The van der Waals surface area contributed by atoms with Crippen molar-refractivity contribution < 1.29 is 19.4 Å². The third-order valence-electron chi connectivity index (χ3n) is 6.29. The Labute approximate surface area is 190 Å². The highest BCUT2D eigenvalue weighted by Gasteiger charge is 2.32. The summed E-state index contributed by atoms with van der Waals surface area (Å²) in [5.41, 5.74) is 2.37. The number of rotatable bonds is 9. The Morgan fingerprint density at radius 1 is 1.22 bits per heavy atom. The minimum atomic E-state index is -1.16. The van der Waals surface area contributed by atoms with E-state index < -0.39 is 14.2 Å². The highest BCUT2D eigenvalue weighted by molar-refractivity contribution is 6.76. The molecular formula is C23H34N4O4Si. The van der Waals surface area contributed by atoms with Gasteiger partial charge in [0.05, 0.1) is 11.9 Å². The second kappa shape index (κ2) is 9.23. The fourth-order valence-corrected chi connectivity index (χ4v) is 4.86. The Kier molecular flexibility index (Phi) is 6.57. The number of carbonyl (C=O) groups is 2. The normalized spacial score (nSPS) is 17.7. The first-order valence-electron chi connectivity index (χ1n) is 11.6. The molecule has 3 heterocycles. The van der Waals surface area contributed by atoms with Gasteiger partial charge in [0.25, 0.3) is 0 Å². The number of Topliss-reactive ketones (excluding diaryl/α,β-unsaturated/α-hetero) is 1. The number of anilines is 1. The second-order valence-electron chi connectivity index (χ2n) is 10.3. The van der Waals surface area contributed by atoms with Crippen molar-refractivity contribution in [1.29, 1.82) is 0 Å². The number of hydrogen-bond donors (Lipinski definition) is 2. The van der Waals surface area contributed by atoms with Crippen LogP contribution >= 0.6 is 0 Å². The maximum absolute atomic E-state index is 12.9. The molecule has 8 nitrogen and oxygen atoms in total. The summed E-state index contributed by atoms with van der Waals surface area (Å²) in [4.78, 5) is 30.2. The fraction of sp³-hybridized carbons (Fsp3) is 0.609. The molecule has 4 rings (SSSR count). The first-order chi connectivity index (χ1) is 15.2. The number of fused-ring (bicyclic) bond motifs is 1. The number of carbonyl (C=O) groups excluding carboxylic acids is 1. The Hall–Kier alpha value is -2.39. The maximum atomic E-state index is 12.9. The number of amides is 1. The summed E-state index contributed by atoms with van der Waals surface area (Å²) in [5, 5.41) is 13.5. The highest BCUT2D eigenvalue weighted by atomic mass is 28.3. The average Bonchev–Trinajstić information content (AvgIpc) is 3.53. The number of nitrogens with zero attached hydrogens (tertiary/aromatic N) is 3. The van der Waals surface area contributed by atoms with Gasteiger partial charge in [-0.1, -0.05) is 19.6 Å². The molecule has 1 saturated heterocycles. The van der Waals surface area contributed by atoms with Gasteiger partial charge < -0.3 is 24.6 Å². The van der Waals surface area contributed by atoms with E-state index in [9.17, 15) is 9.59 Å². The monoisotopic (exact) mass is 458 g/mol. The van der Waals surface area contributed by atoms with Crippen LogP contribution in [0.25, 0.3) is 11.0 Å². The van der Waals surface area contributed by atoms with Crippen LogP contribution in [0.4, 0.5) is 10.5 Å². The van der Waals surface area contributed by atoms with Crippen molar-refractivity contribution in [2.75, 3.05) is 25.0 Å². The van der Waals surface area contributed by atoms with E-state index in [-0.39, 0.29) is 17.7 Å². The first-order valence-corrected chi connectivity index (χ1v) is 15.3. The van der Waals surface area contributed by atoms with Crippen LogP contribution in [0.1, 0.15) is 36.0 Å². The van der Waals surface area contributed by atoms with Crippen molar-refractivity contribution in [3.8, 4) is 0 Å².